The molecule has 0 amide bonds. The van der Waals surface area contributed by atoms with Crippen LogP contribution in [0.1, 0.15) is 0 Å². The lowest BCUT2D eigenvalue weighted by molar-refractivity contribution is 1.10. The number of rotatable bonds is 2. The third-order valence-corrected chi connectivity index (χ3v) is 3.42. The summed E-state index contributed by atoms with van der Waals surface area (Å²) in [4.78, 5) is 5.12. The van der Waals surface area contributed by atoms with E-state index in [1.54, 1.807) is 23.7 Å². The number of H-pyrrole nitrogens is 1. The molecule has 3 rings (SSSR count). The largest absolute Gasteiger partial charge is 0.382 e. The first-order valence-electron chi connectivity index (χ1n) is 5.14. The van der Waals surface area contributed by atoms with E-state index >= 15 is 0 Å². The second-order valence-corrected chi connectivity index (χ2v) is 4.52. The molecule has 3 aromatic heterocycles. The van der Waals surface area contributed by atoms with Crippen molar-refractivity contribution in [1.29, 1.82) is 0 Å². The van der Waals surface area contributed by atoms with Crippen LogP contribution in [-0.2, 0) is 0 Å². The molecular weight excluding hydrogens is 232 g/mol. The zero-order valence-corrected chi connectivity index (χ0v) is 9.74. The van der Waals surface area contributed by atoms with Crippen LogP contribution in [0.2, 0.25) is 0 Å². The first-order chi connectivity index (χ1) is 8.36. The van der Waals surface area contributed by atoms with Gasteiger partial charge in [-0.3, -0.25) is 10.1 Å². The summed E-state index contributed by atoms with van der Waals surface area (Å²) in [5, 5.41) is 9.10. The molecule has 4 nitrogen and oxygen atoms in total. The summed E-state index contributed by atoms with van der Waals surface area (Å²) in [6.45, 7) is 0. The molecule has 84 valence electrons. The van der Waals surface area contributed by atoms with Gasteiger partial charge in [0, 0.05) is 22.8 Å². The monoisotopic (exact) mass is 242 g/mol. The summed E-state index contributed by atoms with van der Waals surface area (Å²) < 4.78 is 0. The van der Waals surface area contributed by atoms with E-state index in [1.165, 1.54) is 0 Å². The minimum Gasteiger partial charge on any atom is -0.382 e. The number of hydrogen-bond donors (Lipinski definition) is 2. The van der Waals surface area contributed by atoms with Crippen LogP contribution in [0.5, 0.6) is 0 Å². The van der Waals surface area contributed by atoms with E-state index in [0.29, 0.717) is 5.82 Å². The third-order valence-electron chi connectivity index (χ3n) is 2.53. The Kier molecular flexibility index (Phi) is 2.38. The van der Waals surface area contributed by atoms with Gasteiger partial charge in [-0.2, -0.15) is 5.10 Å². The maximum absolute atomic E-state index is 5.92. The van der Waals surface area contributed by atoms with E-state index in [-0.39, 0.29) is 0 Å². The Morgan fingerprint density at radius 1 is 1.18 bits per heavy atom. The molecule has 0 aliphatic heterocycles. The van der Waals surface area contributed by atoms with Crippen molar-refractivity contribution in [2.24, 2.45) is 0 Å². The maximum atomic E-state index is 5.92. The van der Waals surface area contributed by atoms with Crippen molar-refractivity contribution >= 4 is 17.2 Å². The van der Waals surface area contributed by atoms with Gasteiger partial charge in [0.25, 0.3) is 0 Å². The van der Waals surface area contributed by atoms with E-state index in [1.807, 2.05) is 29.6 Å². The zero-order valence-electron chi connectivity index (χ0n) is 8.92. The molecule has 0 bridgehead atoms. The molecule has 0 atom stereocenters. The summed E-state index contributed by atoms with van der Waals surface area (Å²) in [6.07, 6.45) is 3.51. The number of aromatic nitrogens is 3. The van der Waals surface area contributed by atoms with Gasteiger partial charge in [-0.25, -0.2) is 0 Å². The predicted octanol–water partition coefficient (Wildman–Crippen LogP) is 2.78. The van der Waals surface area contributed by atoms with Crippen LogP contribution in [0.15, 0.2) is 42.0 Å². The number of nitrogens with two attached hydrogens (primary N) is 1. The molecule has 3 aromatic rings. The molecule has 5 heteroatoms. The number of pyridine rings is 1. The average Bonchev–Trinajstić information content (AvgIpc) is 2.99. The molecule has 0 fully saturated rings. The van der Waals surface area contributed by atoms with E-state index < -0.39 is 0 Å². The number of aromatic amines is 1. The van der Waals surface area contributed by atoms with Crippen LogP contribution < -0.4 is 5.73 Å². The van der Waals surface area contributed by atoms with Crippen molar-refractivity contribution < 1.29 is 0 Å². The van der Waals surface area contributed by atoms with Crippen LogP contribution >= 0.6 is 11.3 Å². The Morgan fingerprint density at radius 2 is 2.00 bits per heavy atom. The summed E-state index contributed by atoms with van der Waals surface area (Å²) in [5.41, 5.74) is 8.85. The lowest BCUT2D eigenvalue weighted by Crippen LogP contribution is -1.86. The van der Waals surface area contributed by atoms with Gasteiger partial charge in [0.15, 0.2) is 5.82 Å². The Labute approximate surface area is 102 Å². The minimum absolute atomic E-state index is 0.527. The van der Waals surface area contributed by atoms with E-state index in [2.05, 4.69) is 15.2 Å². The van der Waals surface area contributed by atoms with Gasteiger partial charge in [0.1, 0.15) is 0 Å². The van der Waals surface area contributed by atoms with Crippen molar-refractivity contribution in [3.05, 3.63) is 42.0 Å². The number of nitrogens with zero attached hydrogens (tertiary/aromatic N) is 2. The Hall–Kier alpha value is -2.14. The fourth-order valence-electron chi connectivity index (χ4n) is 1.75. The number of nitrogens with one attached hydrogen (secondary N) is 1. The van der Waals surface area contributed by atoms with Gasteiger partial charge in [0.2, 0.25) is 0 Å². The normalized spacial score (nSPS) is 10.6. The smallest absolute Gasteiger partial charge is 0.154 e. The highest BCUT2D eigenvalue weighted by Crippen LogP contribution is 2.36. The third kappa shape index (κ3) is 1.70. The van der Waals surface area contributed by atoms with Crippen LogP contribution in [0.3, 0.4) is 0 Å². The van der Waals surface area contributed by atoms with Crippen molar-refractivity contribution in [1.82, 2.24) is 15.2 Å². The second-order valence-electron chi connectivity index (χ2n) is 3.57. The van der Waals surface area contributed by atoms with E-state index in [0.717, 1.165) is 21.7 Å². The summed E-state index contributed by atoms with van der Waals surface area (Å²) in [7, 11) is 0. The molecule has 0 radical (unpaired) electrons. The Bertz CT molecular complexity index is 613. The van der Waals surface area contributed by atoms with Gasteiger partial charge < -0.3 is 5.73 Å². The van der Waals surface area contributed by atoms with Gasteiger partial charge in [-0.15, -0.1) is 11.3 Å². The van der Waals surface area contributed by atoms with Gasteiger partial charge in [0.05, 0.1) is 11.3 Å². The first kappa shape index (κ1) is 10.0. The van der Waals surface area contributed by atoms with Crippen molar-refractivity contribution in [3.8, 4) is 21.7 Å². The fraction of sp³-hybridized carbons (Fsp3) is 0. The topological polar surface area (TPSA) is 67.6 Å². The predicted molar refractivity (Wildman–Crippen MR) is 69.5 cm³/mol. The molecule has 0 saturated carbocycles. The number of nitrogen functional groups attached to an aromatic ring is 1. The van der Waals surface area contributed by atoms with Crippen molar-refractivity contribution in [2.45, 2.75) is 0 Å². The molecule has 3 heterocycles. The Balaban J connectivity index is 2.20. The van der Waals surface area contributed by atoms with Crippen LogP contribution in [-0.4, -0.2) is 15.2 Å². The highest BCUT2D eigenvalue weighted by Gasteiger charge is 2.14. The number of thiophene rings is 1. The standard InChI is InChI=1S/C12H10N4S/c13-12-10(9-2-1-7-17-9)11(15-16-12)8-3-5-14-6-4-8/h1-7H,(H3,13,15,16). The van der Waals surface area contributed by atoms with Crippen LogP contribution in [0, 0.1) is 0 Å². The van der Waals surface area contributed by atoms with Gasteiger partial charge in [-0.05, 0) is 23.6 Å². The number of hydrogen-bond acceptors (Lipinski definition) is 4. The molecule has 0 saturated heterocycles. The molecular formula is C12H10N4S. The number of anilines is 1. The summed E-state index contributed by atoms with van der Waals surface area (Å²) in [5.74, 6) is 0.527. The zero-order chi connectivity index (χ0) is 11.7. The molecule has 0 aliphatic rings. The van der Waals surface area contributed by atoms with Gasteiger partial charge in [-0.1, -0.05) is 6.07 Å². The van der Waals surface area contributed by atoms with Crippen molar-refractivity contribution in [2.75, 3.05) is 5.73 Å². The molecule has 17 heavy (non-hydrogen) atoms. The summed E-state index contributed by atoms with van der Waals surface area (Å²) >= 11 is 1.65. The molecule has 3 N–H and O–H groups in total. The minimum atomic E-state index is 0.527. The van der Waals surface area contributed by atoms with Crippen molar-refractivity contribution in [3.63, 3.8) is 0 Å². The van der Waals surface area contributed by atoms with E-state index in [4.69, 9.17) is 5.73 Å². The molecule has 0 unspecified atom stereocenters. The molecule has 0 spiro atoms. The maximum Gasteiger partial charge on any atom is 0.154 e. The quantitative estimate of drug-likeness (QED) is 0.726. The van der Waals surface area contributed by atoms with E-state index in [9.17, 15) is 0 Å². The highest BCUT2D eigenvalue weighted by atomic mass is 32.1. The molecule has 0 aromatic carbocycles. The SMILES string of the molecule is Nc1n[nH]c(-c2ccncc2)c1-c1cccs1. The van der Waals surface area contributed by atoms with Crippen LogP contribution in [0.4, 0.5) is 5.82 Å². The van der Waals surface area contributed by atoms with Gasteiger partial charge >= 0.3 is 0 Å². The average molecular weight is 242 g/mol. The molecule has 0 aliphatic carbocycles. The lowest BCUT2D eigenvalue weighted by atomic mass is 10.1. The Morgan fingerprint density at radius 3 is 2.71 bits per heavy atom. The highest BCUT2D eigenvalue weighted by molar-refractivity contribution is 7.13. The lowest BCUT2D eigenvalue weighted by Gasteiger charge is -2.01. The van der Waals surface area contributed by atoms with Crippen LogP contribution in [0.25, 0.3) is 21.7 Å². The fourth-order valence-corrected chi connectivity index (χ4v) is 2.54. The second kappa shape index (κ2) is 4.03. The first-order valence-corrected chi connectivity index (χ1v) is 6.02. The summed E-state index contributed by atoms with van der Waals surface area (Å²) in [6, 6.07) is 7.91.